The van der Waals surface area contributed by atoms with Crippen molar-refractivity contribution in [2.45, 2.75) is 31.3 Å². The Hall–Kier alpha value is -2.33. The van der Waals surface area contributed by atoms with Gasteiger partial charge in [-0.15, -0.1) is 0 Å². The van der Waals surface area contributed by atoms with Gasteiger partial charge in [-0.25, -0.2) is 4.79 Å². The van der Waals surface area contributed by atoms with Gasteiger partial charge in [-0.05, 0) is 37.1 Å². The summed E-state index contributed by atoms with van der Waals surface area (Å²) >= 11 is 0. The molecule has 0 spiro atoms. The van der Waals surface area contributed by atoms with Gasteiger partial charge in [0.1, 0.15) is 5.75 Å². The van der Waals surface area contributed by atoms with Gasteiger partial charge in [0.15, 0.2) is 0 Å². The number of nitrogens with zero attached hydrogens (tertiary/aromatic N) is 1. The van der Waals surface area contributed by atoms with Gasteiger partial charge < -0.3 is 14.7 Å². The molecule has 0 saturated carbocycles. The van der Waals surface area contributed by atoms with E-state index in [1.165, 1.54) is 5.56 Å². The molecule has 4 heteroatoms. The zero-order valence-corrected chi connectivity index (χ0v) is 14.4. The normalized spacial score (nSPS) is 17.1. The maximum atomic E-state index is 11.8. The SMILES string of the molecule is O=C(O)C1(Oc2ccccc2)CCN(CCCc2ccccc2)CC1. The fourth-order valence-corrected chi connectivity index (χ4v) is 3.36. The first kappa shape index (κ1) is 17.5. The summed E-state index contributed by atoms with van der Waals surface area (Å²) in [6.07, 6.45) is 3.18. The van der Waals surface area contributed by atoms with Gasteiger partial charge in [-0.3, -0.25) is 0 Å². The Morgan fingerprint density at radius 1 is 1.00 bits per heavy atom. The lowest BCUT2D eigenvalue weighted by molar-refractivity contribution is -0.159. The second kappa shape index (κ2) is 8.17. The van der Waals surface area contributed by atoms with Gasteiger partial charge in [0.05, 0.1) is 0 Å². The van der Waals surface area contributed by atoms with Crippen LogP contribution < -0.4 is 4.74 Å². The summed E-state index contributed by atoms with van der Waals surface area (Å²) in [5.41, 5.74) is 0.254. The molecule has 1 saturated heterocycles. The first-order valence-corrected chi connectivity index (χ1v) is 8.92. The van der Waals surface area contributed by atoms with Crippen LogP contribution in [0.15, 0.2) is 60.7 Å². The Labute approximate surface area is 149 Å². The summed E-state index contributed by atoms with van der Waals surface area (Å²) in [6.45, 7) is 2.51. The molecule has 1 heterocycles. The van der Waals surface area contributed by atoms with E-state index >= 15 is 0 Å². The van der Waals surface area contributed by atoms with E-state index in [0.717, 1.165) is 32.5 Å². The molecule has 0 bridgehead atoms. The first-order chi connectivity index (χ1) is 12.2. The van der Waals surface area contributed by atoms with Crippen LogP contribution in [-0.2, 0) is 11.2 Å². The van der Waals surface area contributed by atoms with Crippen LogP contribution in [0.4, 0.5) is 0 Å². The molecule has 1 fully saturated rings. The zero-order valence-electron chi connectivity index (χ0n) is 14.4. The van der Waals surface area contributed by atoms with Crippen molar-refractivity contribution in [3.63, 3.8) is 0 Å². The molecule has 4 nitrogen and oxygen atoms in total. The number of rotatable bonds is 7. The van der Waals surface area contributed by atoms with Crippen LogP contribution in [0.1, 0.15) is 24.8 Å². The van der Waals surface area contributed by atoms with Crippen LogP contribution in [0.5, 0.6) is 5.75 Å². The third-order valence-electron chi connectivity index (χ3n) is 4.89. The van der Waals surface area contributed by atoms with Crippen molar-refractivity contribution in [3.05, 3.63) is 66.2 Å². The predicted octanol–water partition coefficient (Wildman–Crippen LogP) is 3.62. The summed E-state index contributed by atoms with van der Waals surface area (Å²) in [4.78, 5) is 14.2. The largest absolute Gasteiger partial charge is 0.478 e. The van der Waals surface area contributed by atoms with Gasteiger partial charge in [0.2, 0.25) is 5.60 Å². The maximum absolute atomic E-state index is 11.8. The lowest BCUT2D eigenvalue weighted by atomic mass is 9.91. The molecule has 0 radical (unpaired) electrons. The van der Waals surface area contributed by atoms with E-state index in [9.17, 15) is 9.90 Å². The molecule has 2 aromatic rings. The minimum absolute atomic E-state index is 0.516. The van der Waals surface area contributed by atoms with E-state index in [2.05, 4.69) is 29.2 Å². The molecule has 1 aliphatic heterocycles. The van der Waals surface area contributed by atoms with Crippen LogP contribution in [0.2, 0.25) is 0 Å². The number of carboxylic acids is 1. The number of aliphatic carboxylic acids is 1. The first-order valence-electron chi connectivity index (χ1n) is 8.92. The third kappa shape index (κ3) is 4.60. The van der Waals surface area contributed by atoms with Gasteiger partial charge in [-0.1, -0.05) is 48.5 Å². The smallest absolute Gasteiger partial charge is 0.348 e. The molecular weight excluding hydrogens is 314 g/mol. The van der Waals surface area contributed by atoms with Crippen LogP contribution in [0, 0.1) is 0 Å². The van der Waals surface area contributed by atoms with Crippen LogP contribution in [0.3, 0.4) is 0 Å². The molecule has 0 aliphatic carbocycles. The highest BCUT2D eigenvalue weighted by atomic mass is 16.5. The van der Waals surface area contributed by atoms with Gasteiger partial charge >= 0.3 is 5.97 Å². The lowest BCUT2D eigenvalue weighted by Crippen LogP contribution is -2.53. The van der Waals surface area contributed by atoms with E-state index in [1.54, 1.807) is 0 Å². The Balaban J connectivity index is 1.51. The fraction of sp³-hybridized carbons (Fsp3) is 0.381. The number of carbonyl (C=O) groups is 1. The molecule has 1 aliphatic rings. The van der Waals surface area contributed by atoms with Crippen LogP contribution in [-0.4, -0.2) is 41.2 Å². The number of carboxylic acid groups (broad SMARTS) is 1. The molecule has 25 heavy (non-hydrogen) atoms. The maximum Gasteiger partial charge on any atom is 0.348 e. The van der Waals surface area contributed by atoms with E-state index in [0.29, 0.717) is 18.6 Å². The summed E-state index contributed by atoms with van der Waals surface area (Å²) in [5.74, 6) is -0.234. The van der Waals surface area contributed by atoms with Crippen molar-refractivity contribution < 1.29 is 14.6 Å². The summed E-state index contributed by atoms with van der Waals surface area (Å²) in [6, 6.07) is 19.7. The second-order valence-corrected chi connectivity index (χ2v) is 6.65. The Kier molecular flexibility index (Phi) is 5.71. The zero-order chi connectivity index (χ0) is 17.5. The number of likely N-dealkylation sites (tertiary alicyclic amines) is 1. The van der Waals surface area contributed by atoms with Crippen LogP contribution >= 0.6 is 0 Å². The molecule has 0 aromatic heterocycles. The summed E-state index contributed by atoms with van der Waals surface area (Å²) < 4.78 is 5.90. The molecule has 0 unspecified atom stereocenters. The highest BCUT2D eigenvalue weighted by Crippen LogP contribution is 2.29. The van der Waals surface area contributed by atoms with E-state index < -0.39 is 11.6 Å². The average Bonchev–Trinajstić information content (AvgIpc) is 2.65. The van der Waals surface area contributed by atoms with Crippen LogP contribution in [0.25, 0.3) is 0 Å². The lowest BCUT2D eigenvalue weighted by Gasteiger charge is -2.38. The number of piperidine rings is 1. The second-order valence-electron chi connectivity index (χ2n) is 6.65. The van der Waals surface area contributed by atoms with Crippen molar-refractivity contribution in [2.24, 2.45) is 0 Å². The van der Waals surface area contributed by atoms with Crippen molar-refractivity contribution in [2.75, 3.05) is 19.6 Å². The number of para-hydroxylation sites is 1. The van der Waals surface area contributed by atoms with E-state index in [-0.39, 0.29) is 0 Å². The van der Waals surface area contributed by atoms with Crippen molar-refractivity contribution in [1.82, 2.24) is 4.90 Å². The van der Waals surface area contributed by atoms with Gasteiger partial charge in [0, 0.05) is 25.9 Å². The quantitative estimate of drug-likeness (QED) is 0.837. The minimum atomic E-state index is -1.10. The highest BCUT2D eigenvalue weighted by Gasteiger charge is 2.43. The van der Waals surface area contributed by atoms with Gasteiger partial charge in [-0.2, -0.15) is 0 Å². The Bertz CT molecular complexity index is 664. The molecule has 0 amide bonds. The summed E-state index contributed by atoms with van der Waals surface area (Å²) in [5, 5.41) is 9.72. The Morgan fingerprint density at radius 2 is 1.60 bits per heavy atom. The monoisotopic (exact) mass is 339 g/mol. The Morgan fingerprint density at radius 3 is 2.20 bits per heavy atom. The number of aryl methyl sites for hydroxylation is 1. The van der Waals surface area contributed by atoms with E-state index in [4.69, 9.17) is 4.74 Å². The predicted molar refractivity (Wildman–Crippen MR) is 97.9 cm³/mol. The standard InChI is InChI=1S/C21H25NO3/c23-20(24)21(25-19-11-5-2-6-12-19)13-16-22(17-14-21)15-7-10-18-8-3-1-4-9-18/h1-6,8-9,11-12H,7,10,13-17H2,(H,23,24). The molecule has 132 valence electrons. The fourth-order valence-electron chi connectivity index (χ4n) is 3.36. The highest BCUT2D eigenvalue weighted by molar-refractivity contribution is 5.78. The number of ether oxygens (including phenoxy) is 1. The number of hydrogen-bond acceptors (Lipinski definition) is 3. The minimum Gasteiger partial charge on any atom is -0.478 e. The molecular formula is C21H25NO3. The average molecular weight is 339 g/mol. The molecule has 1 N–H and O–H groups in total. The molecule has 2 aromatic carbocycles. The number of hydrogen-bond donors (Lipinski definition) is 1. The van der Waals surface area contributed by atoms with Gasteiger partial charge in [0.25, 0.3) is 0 Å². The topological polar surface area (TPSA) is 49.8 Å². The third-order valence-corrected chi connectivity index (χ3v) is 4.89. The van der Waals surface area contributed by atoms with Crippen molar-refractivity contribution in [1.29, 1.82) is 0 Å². The van der Waals surface area contributed by atoms with E-state index in [1.807, 2.05) is 36.4 Å². The molecule has 3 rings (SSSR count). The number of benzene rings is 2. The molecule has 0 atom stereocenters. The van der Waals surface area contributed by atoms with Crippen molar-refractivity contribution in [3.8, 4) is 5.75 Å². The summed E-state index contributed by atoms with van der Waals surface area (Å²) in [7, 11) is 0. The van der Waals surface area contributed by atoms with Crippen molar-refractivity contribution >= 4 is 5.97 Å².